The second kappa shape index (κ2) is 6.15. The standard InChI is InChI=1S/C16H13Cl2NO3S/c1-10-2-4-12(23(20,21)16-19-6-7-22-16)9-13(10)11-3-5-14(17)15(18)8-11/h2-5,8-9H,6-7H2,1H3. The fourth-order valence-corrected chi connectivity index (χ4v) is 3.84. The molecule has 1 aliphatic rings. The number of nitrogens with zero attached hydrogens (tertiary/aromatic N) is 1. The molecule has 1 heterocycles. The monoisotopic (exact) mass is 369 g/mol. The minimum Gasteiger partial charge on any atom is -0.467 e. The molecule has 0 radical (unpaired) electrons. The Balaban J connectivity index is 2.11. The molecule has 0 bridgehead atoms. The van der Waals surface area contributed by atoms with E-state index in [1.165, 1.54) is 0 Å². The maximum absolute atomic E-state index is 12.5. The van der Waals surface area contributed by atoms with E-state index in [1.54, 1.807) is 36.4 Å². The van der Waals surface area contributed by atoms with Gasteiger partial charge < -0.3 is 4.74 Å². The second-order valence-electron chi connectivity index (χ2n) is 5.11. The van der Waals surface area contributed by atoms with E-state index in [-0.39, 0.29) is 10.1 Å². The van der Waals surface area contributed by atoms with Crippen LogP contribution in [0, 0.1) is 6.92 Å². The van der Waals surface area contributed by atoms with Crippen LogP contribution < -0.4 is 0 Å². The number of aliphatic imine (C=N–C) groups is 1. The Morgan fingerprint density at radius 2 is 1.87 bits per heavy atom. The molecule has 0 aliphatic carbocycles. The zero-order valence-electron chi connectivity index (χ0n) is 12.2. The molecule has 0 unspecified atom stereocenters. The summed E-state index contributed by atoms with van der Waals surface area (Å²) in [6, 6.07) is 10.1. The molecule has 0 amide bonds. The molecule has 7 heteroatoms. The molecular formula is C16H13Cl2NO3S. The van der Waals surface area contributed by atoms with Crippen LogP contribution in [-0.2, 0) is 14.6 Å². The van der Waals surface area contributed by atoms with E-state index >= 15 is 0 Å². The molecule has 2 aromatic rings. The van der Waals surface area contributed by atoms with E-state index in [0.29, 0.717) is 23.2 Å². The van der Waals surface area contributed by atoms with Crippen molar-refractivity contribution in [1.82, 2.24) is 0 Å². The third-order valence-electron chi connectivity index (χ3n) is 3.54. The van der Waals surface area contributed by atoms with Crippen LogP contribution in [0.1, 0.15) is 5.56 Å². The SMILES string of the molecule is Cc1ccc(S(=O)(=O)C2=NCCO2)cc1-c1ccc(Cl)c(Cl)c1. The summed E-state index contributed by atoms with van der Waals surface area (Å²) in [6.07, 6.45) is 0. The summed E-state index contributed by atoms with van der Waals surface area (Å²) in [4.78, 5) is 4.05. The van der Waals surface area contributed by atoms with Gasteiger partial charge in [-0.3, -0.25) is 0 Å². The van der Waals surface area contributed by atoms with Gasteiger partial charge in [0.15, 0.2) is 0 Å². The summed E-state index contributed by atoms with van der Waals surface area (Å²) in [5, 5.41) is 0.646. The van der Waals surface area contributed by atoms with Crippen LogP contribution in [0.25, 0.3) is 11.1 Å². The number of halogens is 2. The minimum absolute atomic E-state index is 0.143. The number of aryl methyl sites for hydroxylation is 1. The number of benzene rings is 2. The lowest BCUT2D eigenvalue weighted by molar-refractivity contribution is 0.353. The van der Waals surface area contributed by atoms with Gasteiger partial charge in [0.05, 0.1) is 21.5 Å². The van der Waals surface area contributed by atoms with Crippen LogP contribution in [0.5, 0.6) is 0 Å². The number of rotatable bonds is 2. The van der Waals surface area contributed by atoms with Crippen molar-refractivity contribution in [3.05, 3.63) is 52.0 Å². The summed E-state index contributed by atoms with van der Waals surface area (Å²) in [6.45, 7) is 2.55. The molecule has 0 atom stereocenters. The molecule has 1 aliphatic heterocycles. The first-order valence-electron chi connectivity index (χ1n) is 6.88. The van der Waals surface area contributed by atoms with Crippen LogP contribution in [0.4, 0.5) is 0 Å². The number of hydrogen-bond donors (Lipinski definition) is 0. The van der Waals surface area contributed by atoms with Crippen molar-refractivity contribution in [2.45, 2.75) is 11.8 Å². The lowest BCUT2D eigenvalue weighted by atomic mass is 10.0. The molecule has 0 saturated carbocycles. The molecule has 3 rings (SSSR count). The topological polar surface area (TPSA) is 55.7 Å². The van der Waals surface area contributed by atoms with Crippen LogP contribution in [0.3, 0.4) is 0 Å². The minimum atomic E-state index is -3.74. The van der Waals surface area contributed by atoms with Crippen molar-refractivity contribution in [3.63, 3.8) is 0 Å². The van der Waals surface area contributed by atoms with E-state index in [0.717, 1.165) is 16.7 Å². The maximum Gasteiger partial charge on any atom is 0.310 e. The quantitative estimate of drug-likeness (QED) is 0.799. The Labute approximate surface area is 144 Å². The van der Waals surface area contributed by atoms with Crippen LogP contribution in [0.15, 0.2) is 46.3 Å². The maximum atomic E-state index is 12.5. The highest BCUT2D eigenvalue weighted by Crippen LogP contribution is 2.32. The van der Waals surface area contributed by atoms with Gasteiger partial charge in [0.25, 0.3) is 9.84 Å². The largest absolute Gasteiger partial charge is 0.467 e. The smallest absolute Gasteiger partial charge is 0.310 e. The van der Waals surface area contributed by atoms with Gasteiger partial charge >= 0.3 is 5.23 Å². The molecule has 0 spiro atoms. The van der Waals surface area contributed by atoms with Gasteiger partial charge in [0.2, 0.25) is 0 Å². The average molecular weight is 370 g/mol. The number of hydrogen-bond acceptors (Lipinski definition) is 4. The molecule has 23 heavy (non-hydrogen) atoms. The van der Waals surface area contributed by atoms with Crippen molar-refractivity contribution in [1.29, 1.82) is 0 Å². The third kappa shape index (κ3) is 3.09. The zero-order valence-corrected chi connectivity index (χ0v) is 14.5. The van der Waals surface area contributed by atoms with E-state index in [9.17, 15) is 8.42 Å². The van der Waals surface area contributed by atoms with Gasteiger partial charge in [-0.2, -0.15) is 0 Å². The fraction of sp³-hybridized carbons (Fsp3) is 0.188. The Morgan fingerprint density at radius 1 is 1.09 bits per heavy atom. The normalized spacial score (nSPS) is 14.5. The highest BCUT2D eigenvalue weighted by Gasteiger charge is 2.27. The molecule has 0 aromatic heterocycles. The fourth-order valence-electron chi connectivity index (χ4n) is 2.32. The van der Waals surface area contributed by atoms with Crippen molar-refractivity contribution >= 4 is 38.3 Å². The van der Waals surface area contributed by atoms with Crippen LogP contribution >= 0.6 is 23.2 Å². The predicted molar refractivity (Wildman–Crippen MR) is 92.1 cm³/mol. The van der Waals surface area contributed by atoms with E-state index in [2.05, 4.69) is 4.99 Å². The second-order valence-corrected chi connectivity index (χ2v) is 7.75. The zero-order chi connectivity index (χ0) is 16.6. The lowest BCUT2D eigenvalue weighted by Gasteiger charge is -2.11. The van der Waals surface area contributed by atoms with Gasteiger partial charge in [-0.05, 0) is 47.9 Å². The molecular weight excluding hydrogens is 357 g/mol. The molecule has 4 nitrogen and oxygen atoms in total. The van der Waals surface area contributed by atoms with E-state index in [4.69, 9.17) is 27.9 Å². The van der Waals surface area contributed by atoms with Crippen LogP contribution in [-0.4, -0.2) is 26.8 Å². The molecule has 2 aromatic carbocycles. The van der Waals surface area contributed by atoms with Crippen LogP contribution in [0.2, 0.25) is 10.0 Å². The third-order valence-corrected chi connectivity index (χ3v) is 5.86. The van der Waals surface area contributed by atoms with Gasteiger partial charge in [-0.1, -0.05) is 35.3 Å². The van der Waals surface area contributed by atoms with E-state index in [1.807, 2.05) is 6.92 Å². The Kier molecular flexibility index (Phi) is 4.36. The van der Waals surface area contributed by atoms with Crippen molar-refractivity contribution in [2.75, 3.05) is 13.2 Å². The van der Waals surface area contributed by atoms with Gasteiger partial charge in [-0.25, -0.2) is 13.4 Å². The first kappa shape index (κ1) is 16.3. The van der Waals surface area contributed by atoms with Gasteiger partial charge in [0, 0.05) is 0 Å². The Morgan fingerprint density at radius 3 is 2.52 bits per heavy atom. The first-order valence-corrected chi connectivity index (χ1v) is 9.12. The van der Waals surface area contributed by atoms with E-state index < -0.39 is 9.84 Å². The van der Waals surface area contributed by atoms with Crippen molar-refractivity contribution in [2.24, 2.45) is 4.99 Å². The molecule has 0 fully saturated rings. The summed E-state index contributed by atoms with van der Waals surface area (Å²) in [5.74, 6) is 0. The average Bonchev–Trinajstić information content (AvgIpc) is 3.05. The number of ether oxygens (including phenoxy) is 1. The predicted octanol–water partition coefficient (Wildman–Crippen LogP) is 4.13. The first-order chi connectivity index (χ1) is 10.9. The van der Waals surface area contributed by atoms with Gasteiger partial charge in [0.1, 0.15) is 6.61 Å². The highest BCUT2D eigenvalue weighted by atomic mass is 35.5. The summed E-state index contributed by atoms with van der Waals surface area (Å²) in [7, 11) is -3.74. The van der Waals surface area contributed by atoms with Crippen molar-refractivity contribution < 1.29 is 13.2 Å². The van der Waals surface area contributed by atoms with Gasteiger partial charge in [-0.15, -0.1) is 0 Å². The Bertz CT molecular complexity index is 908. The molecule has 120 valence electrons. The number of sulfone groups is 1. The summed E-state index contributed by atoms with van der Waals surface area (Å²) in [5.41, 5.74) is 2.49. The molecule has 0 N–H and O–H groups in total. The summed E-state index contributed by atoms with van der Waals surface area (Å²) >= 11 is 12.0. The van der Waals surface area contributed by atoms with Crippen molar-refractivity contribution in [3.8, 4) is 11.1 Å². The highest BCUT2D eigenvalue weighted by molar-refractivity contribution is 8.06. The summed E-state index contributed by atoms with van der Waals surface area (Å²) < 4.78 is 30.2. The molecule has 0 saturated heterocycles. The lowest BCUT2D eigenvalue weighted by Crippen LogP contribution is -2.15. The Hall–Kier alpha value is -1.56.